The number of aliphatic hydroxyl groups is 1. The van der Waals surface area contributed by atoms with Crippen LogP contribution in [0.15, 0.2) is 16.6 Å². The first kappa shape index (κ1) is 11.6. The number of rotatable bonds is 6. The van der Waals surface area contributed by atoms with Crippen molar-refractivity contribution in [3.05, 3.63) is 16.4 Å². The number of aliphatic hydroxyl groups excluding tert-OH is 1. The molecule has 0 fully saturated rings. The van der Waals surface area contributed by atoms with Crippen LogP contribution in [-0.4, -0.2) is 11.0 Å². The summed E-state index contributed by atoms with van der Waals surface area (Å²) in [5.41, 5.74) is 4.24. The Labute approximate surface area is 76.6 Å². The summed E-state index contributed by atoms with van der Waals surface area (Å²) in [6.45, 7) is 2.01. The molecule has 0 heterocycles. The summed E-state index contributed by atoms with van der Waals surface area (Å²) in [5.74, 6) is -1.29. The minimum atomic E-state index is -0.982. The van der Waals surface area contributed by atoms with E-state index in [9.17, 15) is 14.8 Å². The maximum atomic E-state index is 10.5. The Balaban J connectivity index is 4.22. The first-order valence-corrected chi connectivity index (χ1v) is 4.18. The van der Waals surface area contributed by atoms with E-state index in [4.69, 9.17) is 5.73 Å². The molecule has 1 amide bonds. The fourth-order valence-electron chi connectivity index (χ4n) is 0.901. The minimum absolute atomic E-state index is 0.276. The summed E-state index contributed by atoms with van der Waals surface area (Å²) in [6, 6.07) is 0. The zero-order valence-electron chi connectivity index (χ0n) is 7.62. The van der Waals surface area contributed by atoms with Gasteiger partial charge in [0.25, 0.3) is 5.91 Å². The predicted molar refractivity (Wildman–Crippen MR) is 48.8 cm³/mol. The molecule has 0 aliphatic heterocycles. The summed E-state index contributed by atoms with van der Waals surface area (Å²) >= 11 is 0. The first-order valence-electron chi connectivity index (χ1n) is 4.18. The van der Waals surface area contributed by atoms with Gasteiger partial charge in [-0.1, -0.05) is 19.8 Å². The van der Waals surface area contributed by atoms with Crippen molar-refractivity contribution in [3.63, 3.8) is 0 Å². The van der Waals surface area contributed by atoms with Crippen molar-refractivity contribution in [1.29, 1.82) is 0 Å². The van der Waals surface area contributed by atoms with Gasteiger partial charge in [-0.15, -0.1) is 4.91 Å². The van der Waals surface area contributed by atoms with Gasteiger partial charge in [0.05, 0.1) is 0 Å². The second-order valence-electron chi connectivity index (χ2n) is 2.71. The van der Waals surface area contributed by atoms with Crippen LogP contribution in [-0.2, 0) is 4.79 Å². The molecule has 0 saturated carbocycles. The Kier molecular flexibility index (Phi) is 5.50. The summed E-state index contributed by atoms with van der Waals surface area (Å²) in [6.07, 6.45) is 2.91. The van der Waals surface area contributed by atoms with Gasteiger partial charge in [-0.3, -0.25) is 4.79 Å². The topological polar surface area (TPSA) is 92.8 Å². The number of nitroso groups, excluding NO2 is 1. The molecule has 0 aliphatic rings. The molecule has 0 aromatic carbocycles. The molecule has 0 rings (SSSR count). The Morgan fingerprint density at radius 1 is 1.46 bits per heavy atom. The predicted octanol–water partition coefficient (Wildman–Crippen LogP) is 1.59. The number of hydrogen-bond donors (Lipinski definition) is 2. The molecule has 3 N–H and O–H groups in total. The summed E-state index contributed by atoms with van der Waals surface area (Å²) < 4.78 is 0. The molecule has 0 bridgehead atoms. The van der Waals surface area contributed by atoms with Crippen LogP contribution in [0.4, 0.5) is 0 Å². The molecule has 0 radical (unpaired) electrons. The normalized spacial score (nSPS) is 12.1. The molecule has 0 aliphatic carbocycles. The molecular formula is C8H14N2O3. The second kappa shape index (κ2) is 6.16. The van der Waals surface area contributed by atoms with Gasteiger partial charge >= 0.3 is 0 Å². The molecule has 0 aromatic rings. The van der Waals surface area contributed by atoms with Crippen LogP contribution in [0.5, 0.6) is 0 Å². The van der Waals surface area contributed by atoms with Crippen LogP contribution >= 0.6 is 0 Å². The molecule has 74 valence electrons. The maximum absolute atomic E-state index is 10.5. The van der Waals surface area contributed by atoms with Gasteiger partial charge in [0.15, 0.2) is 0 Å². The second-order valence-corrected chi connectivity index (χ2v) is 2.71. The van der Waals surface area contributed by atoms with Crippen molar-refractivity contribution in [1.82, 2.24) is 0 Å². The van der Waals surface area contributed by atoms with Gasteiger partial charge < -0.3 is 10.8 Å². The number of nitrogens with two attached hydrogens (primary N) is 1. The highest BCUT2D eigenvalue weighted by molar-refractivity contribution is 5.91. The van der Waals surface area contributed by atoms with Gasteiger partial charge in [0, 0.05) is 6.42 Å². The van der Waals surface area contributed by atoms with E-state index in [-0.39, 0.29) is 12.2 Å². The van der Waals surface area contributed by atoms with Crippen LogP contribution in [0, 0.1) is 4.91 Å². The lowest BCUT2D eigenvalue weighted by atomic mass is 10.1. The van der Waals surface area contributed by atoms with E-state index in [1.807, 2.05) is 6.92 Å². The Hall–Kier alpha value is -1.39. The minimum Gasteiger partial charge on any atom is -0.510 e. The number of primary amides is 1. The first-order chi connectivity index (χ1) is 6.13. The molecule has 0 aromatic heterocycles. The van der Waals surface area contributed by atoms with Crippen molar-refractivity contribution in [2.45, 2.75) is 32.6 Å². The highest BCUT2D eigenvalue weighted by Gasteiger charge is 2.11. The number of unbranched alkanes of at least 4 members (excludes halogenated alkanes) is 2. The van der Waals surface area contributed by atoms with Crippen molar-refractivity contribution in [3.8, 4) is 0 Å². The van der Waals surface area contributed by atoms with Crippen molar-refractivity contribution in [2.24, 2.45) is 10.9 Å². The number of amides is 1. The molecule has 0 saturated heterocycles. The molecule has 5 heteroatoms. The van der Waals surface area contributed by atoms with Gasteiger partial charge in [0.1, 0.15) is 5.76 Å². The third kappa shape index (κ3) is 4.25. The maximum Gasteiger partial charge on any atom is 0.274 e. The number of carbonyl (C=O) groups excluding carboxylic acids is 1. The Bertz CT molecular complexity index is 223. The van der Waals surface area contributed by atoms with E-state index >= 15 is 0 Å². The van der Waals surface area contributed by atoms with E-state index in [1.165, 1.54) is 0 Å². The lowest BCUT2D eigenvalue weighted by molar-refractivity contribution is -0.114. The molecule has 0 atom stereocenters. The van der Waals surface area contributed by atoms with E-state index in [2.05, 4.69) is 5.18 Å². The van der Waals surface area contributed by atoms with E-state index in [0.717, 1.165) is 12.8 Å². The monoisotopic (exact) mass is 186 g/mol. The van der Waals surface area contributed by atoms with Crippen LogP contribution in [0.3, 0.4) is 0 Å². The van der Waals surface area contributed by atoms with Crippen molar-refractivity contribution < 1.29 is 9.90 Å². The molecular weight excluding hydrogens is 172 g/mol. The average molecular weight is 186 g/mol. The third-order valence-electron chi connectivity index (χ3n) is 1.62. The van der Waals surface area contributed by atoms with Crippen LogP contribution in [0.25, 0.3) is 0 Å². The lowest BCUT2D eigenvalue weighted by Crippen LogP contribution is -2.14. The lowest BCUT2D eigenvalue weighted by Gasteiger charge is -1.99. The highest BCUT2D eigenvalue weighted by Crippen LogP contribution is 2.11. The zero-order chi connectivity index (χ0) is 10.3. The Morgan fingerprint density at radius 2 is 2.08 bits per heavy atom. The van der Waals surface area contributed by atoms with Crippen LogP contribution in [0.2, 0.25) is 0 Å². The van der Waals surface area contributed by atoms with Crippen LogP contribution < -0.4 is 5.73 Å². The zero-order valence-corrected chi connectivity index (χ0v) is 7.62. The number of carbonyl (C=O) groups is 1. The molecule has 13 heavy (non-hydrogen) atoms. The van der Waals surface area contributed by atoms with Gasteiger partial charge in [-0.2, -0.15) is 0 Å². The van der Waals surface area contributed by atoms with Gasteiger partial charge in [-0.05, 0) is 11.6 Å². The number of nitrogens with zero attached hydrogens (tertiary/aromatic N) is 1. The number of allylic oxidation sites excluding steroid dienone is 1. The van der Waals surface area contributed by atoms with E-state index in [0.29, 0.717) is 6.42 Å². The molecule has 5 nitrogen and oxygen atoms in total. The van der Waals surface area contributed by atoms with Gasteiger partial charge in [0.2, 0.25) is 5.70 Å². The largest absolute Gasteiger partial charge is 0.510 e. The van der Waals surface area contributed by atoms with E-state index < -0.39 is 11.6 Å². The quantitative estimate of drug-likeness (QED) is 0.285. The van der Waals surface area contributed by atoms with Crippen molar-refractivity contribution in [2.75, 3.05) is 0 Å². The third-order valence-corrected chi connectivity index (χ3v) is 1.62. The summed E-state index contributed by atoms with van der Waals surface area (Å²) in [7, 11) is 0. The fraction of sp³-hybridized carbons (Fsp3) is 0.625. The van der Waals surface area contributed by atoms with Gasteiger partial charge in [-0.25, -0.2) is 0 Å². The SMILES string of the molecule is CCCCCC(O)=C(N=O)C(N)=O. The fourth-order valence-corrected chi connectivity index (χ4v) is 0.901. The van der Waals surface area contributed by atoms with Crippen molar-refractivity contribution >= 4 is 5.91 Å². The summed E-state index contributed by atoms with van der Waals surface area (Å²) in [5, 5.41) is 11.6. The Morgan fingerprint density at radius 3 is 2.46 bits per heavy atom. The van der Waals surface area contributed by atoms with E-state index in [1.54, 1.807) is 0 Å². The average Bonchev–Trinajstić information content (AvgIpc) is 2.05. The van der Waals surface area contributed by atoms with Crippen LogP contribution in [0.1, 0.15) is 32.6 Å². The molecule has 0 unspecified atom stereocenters. The number of hydrogen-bond acceptors (Lipinski definition) is 4. The standard InChI is InChI=1S/C8H14N2O3/c1-2-3-4-5-6(11)7(10-13)8(9)12/h11H,2-5H2,1H3,(H2,9,12). The molecule has 0 spiro atoms. The smallest absolute Gasteiger partial charge is 0.274 e. The summed E-state index contributed by atoms with van der Waals surface area (Å²) in [4.78, 5) is 20.6. The highest BCUT2D eigenvalue weighted by atomic mass is 16.3.